The molecule has 1 unspecified atom stereocenters. The monoisotopic (exact) mass is 251 g/mol. The Hall–Kier alpha value is -0.930. The van der Waals surface area contributed by atoms with Crippen molar-refractivity contribution < 1.29 is 9.13 Å². The zero-order valence-electron chi connectivity index (χ0n) is 11.0. The van der Waals surface area contributed by atoms with Crippen molar-refractivity contribution in [3.63, 3.8) is 0 Å². The molecule has 0 bridgehead atoms. The molecule has 1 atom stereocenters. The summed E-state index contributed by atoms with van der Waals surface area (Å²) in [7, 11) is 0. The predicted molar refractivity (Wildman–Crippen MR) is 71.0 cm³/mol. The van der Waals surface area contributed by atoms with Gasteiger partial charge in [-0.1, -0.05) is 12.1 Å². The number of benzene rings is 1. The fraction of sp³-hybridized carbons (Fsp3) is 0.600. The van der Waals surface area contributed by atoms with Crippen molar-refractivity contribution in [2.45, 2.75) is 32.2 Å². The van der Waals surface area contributed by atoms with Crippen LogP contribution in [-0.4, -0.2) is 19.8 Å². The van der Waals surface area contributed by atoms with Gasteiger partial charge in [0.25, 0.3) is 0 Å². The fourth-order valence-corrected chi connectivity index (χ4v) is 1.90. The second kappa shape index (κ2) is 6.86. The van der Waals surface area contributed by atoms with Crippen molar-refractivity contribution >= 4 is 0 Å². The third-order valence-electron chi connectivity index (χ3n) is 3.34. The minimum atomic E-state index is -0.181. The van der Waals surface area contributed by atoms with Crippen molar-refractivity contribution in [3.05, 3.63) is 35.6 Å². The molecule has 0 heterocycles. The van der Waals surface area contributed by atoms with E-state index in [1.165, 1.54) is 25.0 Å². The molecule has 1 aliphatic rings. The highest BCUT2D eigenvalue weighted by Gasteiger charge is 2.20. The van der Waals surface area contributed by atoms with Gasteiger partial charge in [-0.05, 0) is 56.3 Å². The molecule has 0 saturated heterocycles. The molecule has 0 amide bonds. The Morgan fingerprint density at radius 3 is 2.72 bits per heavy atom. The number of halogens is 1. The molecule has 2 nitrogen and oxygen atoms in total. The molecule has 0 radical (unpaired) electrons. The van der Waals surface area contributed by atoms with Crippen LogP contribution in [0.25, 0.3) is 0 Å². The van der Waals surface area contributed by atoms with Crippen molar-refractivity contribution in [2.75, 3.05) is 19.8 Å². The Bertz CT molecular complexity index is 348. The van der Waals surface area contributed by atoms with Gasteiger partial charge in [0.1, 0.15) is 5.82 Å². The molecule has 1 saturated carbocycles. The normalized spacial score (nSPS) is 16.8. The molecule has 1 aliphatic carbocycles. The molecular formula is C15H22FNO. The summed E-state index contributed by atoms with van der Waals surface area (Å²) in [6.45, 7) is 4.80. The van der Waals surface area contributed by atoms with Gasteiger partial charge in [-0.2, -0.15) is 0 Å². The Labute approximate surface area is 109 Å². The van der Waals surface area contributed by atoms with E-state index >= 15 is 0 Å². The van der Waals surface area contributed by atoms with Crippen molar-refractivity contribution in [1.82, 2.24) is 5.32 Å². The molecule has 1 N–H and O–H groups in total. The maximum Gasteiger partial charge on any atom is 0.123 e. The summed E-state index contributed by atoms with van der Waals surface area (Å²) in [6.07, 6.45) is 3.72. The molecule has 1 aromatic carbocycles. The summed E-state index contributed by atoms with van der Waals surface area (Å²) in [6, 6.07) is 6.93. The van der Waals surface area contributed by atoms with Gasteiger partial charge in [-0.15, -0.1) is 0 Å². The summed E-state index contributed by atoms with van der Waals surface area (Å²) in [4.78, 5) is 0. The van der Waals surface area contributed by atoms with Crippen molar-refractivity contribution in [1.29, 1.82) is 0 Å². The average molecular weight is 251 g/mol. The maximum atomic E-state index is 12.8. The fourth-order valence-electron chi connectivity index (χ4n) is 1.90. The first-order valence-corrected chi connectivity index (χ1v) is 6.82. The van der Waals surface area contributed by atoms with Gasteiger partial charge in [-0.25, -0.2) is 4.39 Å². The molecular weight excluding hydrogens is 229 g/mol. The third-order valence-corrected chi connectivity index (χ3v) is 3.34. The third kappa shape index (κ3) is 4.75. The van der Waals surface area contributed by atoms with E-state index in [0.717, 1.165) is 37.7 Å². The number of ether oxygens (including phenoxy) is 1. The first kappa shape index (κ1) is 13.5. The quantitative estimate of drug-likeness (QED) is 0.716. The molecule has 0 aromatic heterocycles. The highest BCUT2D eigenvalue weighted by molar-refractivity contribution is 5.19. The van der Waals surface area contributed by atoms with Gasteiger partial charge in [0.15, 0.2) is 0 Å². The molecule has 100 valence electrons. The summed E-state index contributed by atoms with van der Waals surface area (Å²) in [5, 5.41) is 3.42. The zero-order chi connectivity index (χ0) is 12.8. The van der Waals surface area contributed by atoms with Crippen molar-refractivity contribution in [2.24, 2.45) is 5.92 Å². The average Bonchev–Trinajstić information content (AvgIpc) is 3.18. The lowest BCUT2D eigenvalue weighted by atomic mass is 10.1. The summed E-state index contributed by atoms with van der Waals surface area (Å²) >= 11 is 0. The lowest BCUT2D eigenvalue weighted by Crippen LogP contribution is -2.21. The minimum absolute atomic E-state index is 0.181. The van der Waals surface area contributed by atoms with E-state index in [-0.39, 0.29) is 11.9 Å². The van der Waals surface area contributed by atoms with Crippen LogP contribution in [0, 0.1) is 11.7 Å². The molecule has 2 rings (SSSR count). The SMILES string of the molecule is CC(NCCCOCC1CC1)c1ccc(F)cc1. The molecule has 0 spiro atoms. The summed E-state index contributed by atoms with van der Waals surface area (Å²) in [5.74, 6) is 0.663. The number of hydrogen-bond acceptors (Lipinski definition) is 2. The van der Waals surface area contributed by atoms with E-state index in [1.54, 1.807) is 0 Å². The van der Waals surface area contributed by atoms with Gasteiger partial charge in [0.05, 0.1) is 0 Å². The lowest BCUT2D eigenvalue weighted by molar-refractivity contribution is 0.121. The molecule has 18 heavy (non-hydrogen) atoms. The highest BCUT2D eigenvalue weighted by atomic mass is 19.1. The van der Waals surface area contributed by atoms with E-state index < -0.39 is 0 Å². The smallest absolute Gasteiger partial charge is 0.123 e. The largest absolute Gasteiger partial charge is 0.381 e. The zero-order valence-corrected chi connectivity index (χ0v) is 11.0. The Morgan fingerprint density at radius 2 is 2.06 bits per heavy atom. The van der Waals surface area contributed by atoms with Crippen LogP contribution in [-0.2, 0) is 4.74 Å². The van der Waals surface area contributed by atoms with Crippen molar-refractivity contribution in [3.8, 4) is 0 Å². The maximum absolute atomic E-state index is 12.8. The minimum Gasteiger partial charge on any atom is -0.381 e. The molecule has 1 fully saturated rings. The summed E-state index contributed by atoms with van der Waals surface area (Å²) < 4.78 is 18.3. The number of hydrogen-bond donors (Lipinski definition) is 1. The Kier molecular flexibility index (Phi) is 5.14. The van der Waals surface area contributed by atoms with Gasteiger partial charge in [-0.3, -0.25) is 0 Å². The van der Waals surface area contributed by atoms with E-state index in [0.29, 0.717) is 0 Å². The van der Waals surface area contributed by atoms with Gasteiger partial charge in [0, 0.05) is 19.3 Å². The van der Waals surface area contributed by atoms with Crippen LogP contribution in [0.2, 0.25) is 0 Å². The van der Waals surface area contributed by atoms with E-state index in [9.17, 15) is 4.39 Å². The molecule has 1 aromatic rings. The number of rotatable bonds is 8. The summed E-state index contributed by atoms with van der Waals surface area (Å²) in [5.41, 5.74) is 1.12. The van der Waals surface area contributed by atoms with Gasteiger partial charge >= 0.3 is 0 Å². The van der Waals surface area contributed by atoms with E-state index in [1.807, 2.05) is 12.1 Å². The van der Waals surface area contributed by atoms with Crippen LogP contribution in [0.4, 0.5) is 4.39 Å². The topological polar surface area (TPSA) is 21.3 Å². The van der Waals surface area contributed by atoms with E-state index in [2.05, 4.69) is 12.2 Å². The van der Waals surface area contributed by atoms with Crippen LogP contribution in [0.3, 0.4) is 0 Å². The predicted octanol–water partition coefficient (Wildman–Crippen LogP) is 3.29. The second-order valence-corrected chi connectivity index (χ2v) is 5.10. The van der Waals surface area contributed by atoms with Crippen LogP contribution in [0.15, 0.2) is 24.3 Å². The van der Waals surface area contributed by atoms with E-state index in [4.69, 9.17) is 4.74 Å². The Balaban J connectivity index is 1.56. The van der Waals surface area contributed by atoms with Crippen LogP contribution in [0.1, 0.15) is 37.8 Å². The van der Waals surface area contributed by atoms with Gasteiger partial charge < -0.3 is 10.1 Å². The van der Waals surface area contributed by atoms with Crippen LogP contribution < -0.4 is 5.32 Å². The van der Waals surface area contributed by atoms with Crippen LogP contribution in [0.5, 0.6) is 0 Å². The molecule has 0 aliphatic heterocycles. The Morgan fingerprint density at radius 1 is 1.33 bits per heavy atom. The molecule has 3 heteroatoms. The van der Waals surface area contributed by atoms with Gasteiger partial charge in [0.2, 0.25) is 0 Å². The first-order valence-electron chi connectivity index (χ1n) is 6.82. The lowest BCUT2D eigenvalue weighted by Gasteiger charge is -2.14. The van der Waals surface area contributed by atoms with Crippen LogP contribution >= 0.6 is 0 Å². The number of nitrogens with one attached hydrogen (secondary N) is 1. The first-order chi connectivity index (χ1) is 8.75. The highest BCUT2D eigenvalue weighted by Crippen LogP contribution is 2.28. The standard InChI is InChI=1S/C15H22FNO/c1-12(14-5-7-15(16)8-6-14)17-9-2-10-18-11-13-3-4-13/h5-8,12-13,17H,2-4,9-11H2,1H3. The second-order valence-electron chi connectivity index (χ2n) is 5.10.